The van der Waals surface area contributed by atoms with Crippen LogP contribution in [0.2, 0.25) is 5.02 Å². The van der Waals surface area contributed by atoms with Crippen molar-refractivity contribution >= 4 is 23.0 Å². The van der Waals surface area contributed by atoms with E-state index in [1.807, 2.05) is 44.3 Å². The highest BCUT2D eigenvalue weighted by atomic mass is 35.5. The fourth-order valence-corrected chi connectivity index (χ4v) is 5.66. The lowest BCUT2D eigenvalue weighted by Gasteiger charge is -2.37. The number of amides is 1. The van der Waals surface area contributed by atoms with E-state index >= 15 is 0 Å². The van der Waals surface area contributed by atoms with E-state index in [-0.39, 0.29) is 11.7 Å². The molecule has 1 aliphatic carbocycles. The molecule has 0 saturated carbocycles. The largest absolute Gasteiger partial charge is 0.506 e. The first kappa shape index (κ1) is 23.2. The monoisotopic (exact) mass is 513 g/mol. The molecule has 4 heterocycles. The molecule has 2 N–H and O–H groups in total. The van der Waals surface area contributed by atoms with Crippen molar-refractivity contribution in [2.75, 3.05) is 0 Å². The van der Waals surface area contributed by atoms with Gasteiger partial charge in [0.2, 0.25) is 0 Å². The van der Waals surface area contributed by atoms with Crippen molar-refractivity contribution in [3.63, 3.8) is 0 Å². The van der Waals surface area contributed by atoms with Gasteiger partial charge in [-0.3, -0.25) is 14.3 Å². The maximum atomic E-state index is 13.8. The fourth-order valence-electron chi connectivity index (χ4n) is 5.32. The van der Waals surface area contributed by atoms with Gasteiger partial charge in [-0.1, -0.05) is 17.7 Å². The van der Waals surface area contributed by atoms with Crippen LogP contribution in [0.5, 0.6) is 5.75 Å². The number of nitrogens with zero attached hydrogens (tertiary/aromatic N) is 6. The van der Waals surface area contributed by atoms with Gasteiger partial charge in [-0.05, 0) is 68.1 Å². The number of aryl methyl sites for hydroxylation is 3. The zero-order chi connectivity index (χ0) is 25.7. The van der Waals surface area contributed by atoms with Crippen LogP contribution in [0.1, 0.15) is 44.9 Å². The van der Waals surface area contributed by atoms with E-state index in [4.69, 9.17) is 16.7 Å². The number of carbonyl (C=O) groups excluding carboxylic acids is 1. The van der Waals surface area contributed by atoms with Crippen molar-refractivity contribution in [2.45, 2.75) is 38.6 Å². The van der Waals surface area contributed by atoms with Crippen LogP contribution in [0.4, 0.5) is 0 Å². The molecule has 0 spiro atoms. The number of rotatable bonds is 4. The summed E-state index contributed by atoms with van der Waals surface area (Å²) in [6, 6.07) is 11.0. The highest BCUT2D eigenvalue weighted by molar-refractivity contribution is 6.34. The number of carbonyl (C=O) groups is 1. The number of nitrogens with one attached hydrogen (secondary N) is 1. The Hall–Kier alpha value is -4.24. The minimum absolute atomic E-state index is 0.167. The van der Waals surface area contributed by atoms with Gasteiger partial charge >= 0.3 is 0 Å². The van der Waals surface area contributed by atoms with E-state index in [9.17, 15) is 9.90 Å². The van der Waals surface area contributed by atoms with Crippen molar-refractivity contribution in [1.82, 2.24) is 34.7 Å². The van der Waals surface area contributed by atoms with Crippen LogP contribution in [-0.2, 0) is 18.4 Å². The van der Waals surface area contributed by atoms with Gasteiger partial charge in [0.15, 0.2) is 0 Å². The summed E-state index contributed by atoms with van der Waals surface area (Å²) in [6.07, 6.45) is 8.42. The molecule has 1 amide bonds. The Morgan fingerprint density at radius 1 is 1.16 bits per heavy atom. The number of fused-ring (bicyclic) bond motifs is 3. The second-order valence-electron chi connectivity index (χ2n) is 9.54. The van der Waals surface area contributed by atoms with E-state index < -0.39 is 5.54 Å². The third-order valence-electron chi connectivity index (χ3n) is 7.02. The average Bonchev–Trinajstić information content (AvgIpc) is 3.52. The SMILES string of the molecule is Cc1cc(O)c2c3c(nn2c1)CCC(NC(=O)c1c(C)cc(-n2cnnc2)cc1Cl)(c1ccccn1)C3. The van der Waals surface area contributed by atoms with E-state index in [1.165, 1.54) is 0 Å². The van der Waals surface area contributed by atoms with Gasteiger partial charge in [-0.2, -0.15) is 5.10 Å². The molecule has 0 bridgehead atoms. The lowest BCUT2D eigenvalue weighted by molar-refractivity contribution is 0.0882. The third-order valence-corrected chi connectivity index (χ3v) is 7.31. The van der Waals surface area contributed by atoms with Crippen LogP contribution in [-0.4, -0.2) is 40.4 Å². The highest BCUT2D eigenvalue weighted by Crippen LogP contribution is 2.40. The van der Waals surface area contributed by atoms with Crippen molar-refractivity contribution < 1.29 is 9.90 Å². The smallest absolute Gasteiger partial charge is 0.253 e. The van der Waals surface area contributed by atoms with Crippen LogP contribution in [0.3, 0.4) is 0 Å². The number of halogens is 1. The Bertz CT molecular complexity index is 1620. The van der Waals surface area contributed by atoms with Crippen LogP contribution in [0.15, 0.2) is 61.4 Å². The summed E-state index contributed by atoms with van der Waals surface area (Å²) in [7, 11) is 0. The van der Waals surface area contributed by atoms with Gasteiger partial charge < -0.3 is 10.4 Å². The number of pyridine rings is 2. The predicted molar refractivity (Wildman–Crippen MR) is 138 cm³/mol. The molecule has 1 unspecified atom stereocenters. The zero-order valence-corrected chi connectivity index (χ0v) is 21.1. The summed E-state index contributed by atoms with van der Waals surface area (Å²) in [6.45, 7) is 3.77. The first-order valence-electron chi connectivity index (χ1n) is 11.9. The van der Waals surface area contributed by atoms with Gasteiger partial charge in [-0.25, -0.2) is 4.52 Å². The van der Waals surface area contributed by atoms with Gasteiger partial charge in [0.25, 0.3) is 5.91 Å². The molecule has 1 aromatic carbocycles. The molecule has 0 saturated heterocycles. The lowest BCUT2D eigenvalue weighted by Crippen LogP contribution is -2.50. The third kappa shape index (κ3) is 3.92. The second kappa shape index (κ2) is 8.70. The lowest BCUT2D eigenvalue weighted by atomic mass is 9.77. The summed E-state index contributed by atoms with van der Waals surface area (Å²) >= 11 is 6.66. The summed E-state index contributed by atoms with van der Waals surface area (Å²) in [5, 5.41) is 26.8. The standard InChI is InChI=1S/C27H24ClN7O2/c1-16-9-22(36)25-19-12-27(23-5-3-4-8-29-23,7-6-21(19)33-35(25)13-16)32-26(37)24-17(2)10-18(11-20(24)28)34-14-30-31-15-34/h3-5,8-11,13-15,36H,6-7,12H2,1-2H3,(H,32,37). The Morgan fingerprint density at radius 3 is 2.70 bits per heavy atom. The normalized spacial score (nSPS) is 17.1. The summed E-state index contributed by atoms with van der Waals surface area (Å²) in [4.78, 5) is 18.5. The maximum Gasteiger partial charge on any atom is 0.253 e. The number of aromatic nitrogens is 6. The first-order valence-corrected chi connectivity index (χ1v) is 12.3. The molecule has 37 heavy (non-hydrogen) atoms. The van der Waals surface area contributed by atoms with Gasteiger partial charge in [0.05, 0.1) is 27.5 Å². The van der Waals surface area contributed by atoms with E-state index in [0.717, 1.165) is 33.8 Å². The number of benzene rings is 1. The Kier molecular flexibility index (Phi) is 5.45. The quantitative estimate of drug-likeness (QED) is 0.374. The number of hydrogen-bond acceptors (Lipinski definition) is 6. The minimum Gasteiger partial charge on any atom is -0.506 e. The number of aromatic hydroxyl groups is 1. The van der Waals surface area contributed by atoms with Crippen molar-refractivity contribution in [1.29, 1.82) is 0 Å². The molecule has 1 aliphatic rings. The summed E-state index contributed by atoms with van der Waals surface area (Å²) in [5.41, 5.74) is 5.21. The Labute approximate surface area is 217 Å². The Morgan fingerprint density at radius 2 is 1.97 bits per heavy atom. The van der Waals surface area contributed by atoms with Crippen molar-refractivity contribution in [3.8, 4) is 11.4 Å². The molecule has 6 rings (SSSR count). The van der Waals surface area contributed by atoms with Gasteiger partial charge in [-0.15, -0.1) is 10.2 Å². The highest BCUT2D eigenvalue weighted by Gasteiger charge is 2.41. The van der Waals surface area contributed by atoms with Crippen molar-refractivity contribution in [3.05, 3.63) is 100 Å². The van der Waals surface area contributed by atoms with Gasteiger partial charge in [0.1, 0.15) is 23.9 Å². The molecular formula is C27H24ClN7O2. The average molecular weight is 514 g/mol. The molecule has 10 heteroatoms. The molecule has 1 atom stereocenters. The van der Waals surface area contributed by atoms with Crippen molar-refractivity contribution in [2.24, 2.45) is 0 Å². The fraction of sp³-hybridized carbons (Fsp3) is 0.222. The first-order chi connectivity index (χ1) is 17.8. The molecule has 0 radical (unpaired) electrons. The topological polar surface area (TPSA) is 110 Å². The molecule has 0 fully saturated rings. The number of hydrogen-bond donors (Lipinski definition) is 2. The predicted octanol–water partition coefficient (Wildman–Crippen LogP) is 4.10. The maximum absolute atomic E-state index is 13.8. The van der Waals surface area contributed by atoms with Crippen LogP contribution >= 0.6 is 11.6 Å². The van der Waals surface area contributed by atoms with Gasteiger partial charge in [0, 0.05) is 30.1 Å². The van der Waals surface area contributed by atoms with E-state index in [1.54, 1.807) is 40.1 Å². The molecule has 186 valence electrons. The molecule has 0 aliphatic heterocycles. The van der Waals surface area contributed by atoms with Crippen LogP contribution in [0, 0.1) is 13.8 Å². The molecular weight excluding hydrogens is 490 g/mol. The molecule has 9 nitrogen and oxygen atoms in total. The molecule has 4 aromatic heterocycles. The zero-order valence-electron chi connectivity index (χ0n) is 20.3. The van der Waals surface area contributed by atoms with E-state index in [2.05, 4.69) is 20.5 Å². The summed E-state index contributed by atoms with van der Waals surface area (Å²) in [5.74, 6) is -0.121. The summed E-state index contributed by atoms with van der Waals surface area (Å²) < 4.78 is 3.47. The van der Waals surface area contributed by atoms with E-state index in [0.29, 0.717) is 35.4 Å². The minimum atomic E-state index is -0.811. The van der Waals surface area contributed by atoms with Crippen LogP contribution in [0.25, 0.3) is 11.2 Å². The van der Waals surface area contributed by atoms with Crippen LogP contribution < -0.4 is 5.32 Å². The molecule has 5 aromatic rings. The Balaban J connectivity index is 1.42. The second-order valence-corrected chi connectivity index (χ2v) is 9.94.